The molecule has 0 spiro atoms. The van der Waals surface area contributed by atoms with Crippen molar-refractivity contribution in [3.05, 3.63) is 58.0 Å². The number of amides is 1. The maximum absolute atomic E-state index is 12.4. The summed E-state index contributed by atoms with van der Waals surface area (Å²) in [5, 5.41) is 8.76. The molecule has 0 fully saturated rings. The first-order valence-electron chi connectivity index (χ1n) is 8.00. The quantitative estimate of drug-likeness (QED) is 0.879. The zero-order valence-electron chi connectivity index (χ0n) is 14.0. The van der Waals surface area contributed by atoms with Crippen LogP contribution >= 0.6 is 0 Å². The Morgan fingerprint density at radius 1 is 1.27 bits per heavy atom. The van der Waals surface area contributed by atoms with Crippen LogP contribution in [0, 0.1) is 18.3 Å². The van der Waals surface area contributed by atoms with E-state index in [1.54, 1.807) is 6.92 Å². The minimum absolute atomic E-state index is 0.0908. The minimum atomic E-state index is -3.96. The molecule has 7 nitrogen and oxygen atoms in total. The van der Waals surface area contributed by atoms with Gasteiger partial charge in [-0.15, -0.1) is 0 Å². The smallest absolute Gasteiger partial charge is 0.300 e. The first-order chi connectivity index (χ1) is 12.3. The molecule has 2 aromatic rings. The number of nitrogens with one attached hydrogen (secondary N) is 1. The molecular weight excluding hydrogens is 356 g/mol. The van der Waals surface area contributed by atoms with Crippen molar-refractivity contribution in [3.8, 4) is 6.07 Å². The van der Waals surface area contributed by atoms with Gasteiger partial charge in [0.1, 0.15) is 5.76 Å². The highest BCUT2D eigenvalue weighted by molar-refractivity contribution is 7.89. The highest BCUT2D eigenvalue weighted by Gasteiger charge is 2.30. The zero-order valence-corrected chi connectivity index (χ0v) is 14.9. The Balaban J connectivity index is 1.78. The molecule has 0 atom stereocenters. The fraction of sp³-hybridized carbons (Fsp3) is 0.278. The topological polar surface area (TPSA) is 117 Å². The summed E-state index contributed by atoms with van der Waals surface area (Å²) in [5.41, 5.74) is 1.62. The Bertz CT molecular complexity index is 1030. The number of hydrogen-bond donors (Lipinski definition) is 1. The van der Waals surface area contributed by atoms with Crippen LogP contribution in [0.15, 0.2) is 28.7 Å². The molecular formula is C18H16N2O5S. The molecule has 0 aliphatic heterocycles. The SMILES string of the molecule is Cc1c(C(=O)NS(=O)(=O)Cc2ccc(C#N)cc2)oc2c1C(=O)CCC2. The lowest BCUT2D eigenvalue weighted by Gasteiger charge is -2.07. The van der Waals surface area contributed by atoms with E-state index < -0.39 is 21.7 Å². The van der Waals surface area contributed by atoms with Crippen LogP contribution in [-0.2, 0) is 22.2 Å². The van der Waals surface area contributed by atoms with Crippen molar-refractivity contribution in [2.75, 3.05) is 0 Å². The second kappa shape index (κ2) is 6.77. The number of carbonyl (C=O) groups is 2. The van der Waals surface area contributed by atoms with Gasteiger partial charge in [-0.2, -0.15) is 5.26 Å². The number of rotatable bonds is 4. The molecule has 1 aromatic carbocycles. The summed E-state index contributed by atoms with van der Waals surface area (Å²) in [7, 11) is -3.96. The largest absolute Gasteiger partial charge is 0.455 e. The molecule has 1 aromatic heterocycles. The number of Topliss-reactive ketones (excluding diaryl/α,β-unsaturated/α-hetero) is 1. The Hall–Kier alpha value is -2.92. The number of carbonyl (C=O) groups excluding carboxylic acids is 2. The fourth-order valence-electron chi connectivity index (χ4n) is 2.98. The van der Waals surface area contributed by atoms with E-state index in [1.807, 2.05) is 10.8 Å². The third kappa shape index (κ3) is 3.53. The molecule has 26 heavy (non-hydrogen) atoms. The summed E-state index contributed by atoms with van der Waals surface area (Å²) in [4.78, 5) is 24.3. The van der Waals surface area contributed by atoms with Gasteiger partial charge in [0.05, 0.1) is 22.9 Å². The van der Waals surface area contributed by atoms with Crippen LogP contribution < -0.4 is 4.72 Å². The predicted molar refractivity (Wildman–Crippen MR) is 92.0 cm³/mol. The van der Waals surface area contributed by atoms with Crippen LogP contribution in [0.5, 0.6) is 0 Å². The van der Waals surface area contributed by atoms with Crippen molar-refractivity contribution in [2.45, 2.75) is 31.9 Å². The first kappa shape index (κ1) is 17.9. The van der Waals surface area contributed by atoms with Crippen LogP contribution in [-0.4, -0.2) is 20.1 Å². The molecule has 1 N–H and O–H groups in total. The molecule has 134 valence electrons. The Morgan fingerprint density at radius 3 is 2.58 bits per heavy atom. The van der Waals surface area contributed by atoms with Gasteiger partial charge in [-0.1, -0.05) is 12.1 Å². The van der Waals surface area contributed by atoms with Crippen molar-refractivity contribution in [3.63, 3.8) is 0 Å². The van der Waals surface area contributed by atoms with E-state index in [2.05, 4.69) is 0 Å². The summed E-state index contributed by atoms with van der Waals surface area (Å²) in [6.07, 6.45) is 1.59. The molecule has 1 heterocycles. The number of fused-ring (bicyclic) bond motifs is 1. The number of furan rings is 1. The summed E-state index contributed by atoms with van der Waals surface area (Å²) in [6.45, 7) is 1.58. The minimum Gasteiger partial charge on any atom is -0.455 e. The Kier molecular flexibility index (Phi) is 4.66. The Morgan fingerprint density at radius 2 is 1.96 bits per heavy atom. The monoisotopic (exact) mass is 372 g/mol. The van der Waals surface area contributed by atoms with Crippen molar-refractivity contribution >= 4 is 21.7 Å². The Labute approximate surface area is 150 Å². The molecule has 0 saturated heterocycles. The van der Waals surface area contributed by atoms with Gasteiger partial charge < -0.3 is 4.42 Å². The van der Waals surface area contributed by atoms with Crippen LogP contribution in [0.25, 0.3) is 0 Å². The maximum Gasteiger partial charge on any atom is 0.300 e. The molecule has 0 unspecified atom stereocenters. The average Bonchev–Trinajstić information content (AvgIpc) is 2.93. The highest BCUT2D eigenvalue weighted by atomic mass is 32.2. The molecule has 8 heteroatoms. The molecule has 1 aliphatic carbocycles. The van der Waals surface area contributed by atoms with E-state index >= 15 is 0 Å². The number of nitriles is 1. The van der Waals surface area contributed by atoms with Gasteiger partial charge >= 0.3 is 5.91 Å². The molecule has 3 rings (SSSR count). The van der Waals surface area contributed by atoms with Crippen LogP contribution in [0.2, 0.25) is 0 Å². The maximum atomic E-state index is 12.4. The molecule has 0 radical (unpaired) electrons. The van der Waals surface area contributed by atoms with Gasteiger partial charge in [0.25, 0.3) is 0 Å². The lowest BCUT2D eigenvalue weighted by atomic mass is 9.94. The van der Waals surface area contributed by atoms with Crippen molar-refractivity contribution < 1.29 is 22.4 Å². The second-order valence-corrected chi connectivity index (χ2v) is 7.85. The van der Waals surface area contributed by atoms with Crippen LogP contribution in [0.1, 0.15) is 56.2 Å². The van der Waals surface area contributed by atoms with Crippen LogP contribution in [0.3, 0.4) is 0 Å². The number of nitrogens with zero attached hydrogens (tertiary/aromatic N) is 1. The van der Waals surface area contributed by atoms with Gasteiger partial charge in [0, 0.05) is 18.4 Å². The molecule has 0 saturated carbocycles. The predicted octanol–water partition coefficient (Wildman–Crippen LogP) is 2.24. The van der Waals surface area contributed by atoms with E-state index in [-0.39, 0.29) is 11.5 Å². The molecule has 1 amide bonds. The lowest BCUT2D eigenvalue weighted by molar-refractivity contribution is 0.0944. The van der Waals surface area contributed by atoms with Gasteiger partial charge in [-0.25, -0.2) is 13.1 Å². The van der Waals surface area contributed by atoms with Gasteiger partial charge in [-0.3, -0.25) is 9.59 Å². The fourth-order valence-corrected chi connectivity index (χ4v) is 4.06. The number of benzene rings is 1. The zero-order chi connectivity index (χ0) is 18.9. The van der Waals surface area contributed by atoms with Gasteiger partial charge in [0.2, 0.25) is 10.0 Å². The molecule has 1 aliphatic rings. The summed E-state index contributed by atoms with van der Waals surface area (Å²) in [6, 6.07) is 7.97. The summed E-state index contributed by atoms with van der Waals surface area (Å²) < 4.78 is 31.9. The highest BCUT2D eigenvalue weighted by Crippen LogP contribution is 2.29. The third-order valence-corrected chi connectivity index (χ3v) is 5.41. The van der Waals surface area contributed by atoms with E-state index in [9.17, 15) is 18.0 Å². The number of sulfonamides is 1. The second-order valence-electron chi connectivity index (χ2n) is 6.13. The normalized spacial score (nSPS) is 13.8. The van der Waals surface area contributed by atoms with E-state index in [4.69, 9.17) is 9.68 Å². The van der Waals surface area contributed by atoms with E-state index in [0.717, 1.165) is 0 Å². The van der Waals surface area contributed by atoms with Crippen molar-refractivity contribution in [1.82, 2.24) is 4.72 Å². The van der Waals surface area contributed by atoms with E-state index in [1.165, 1.54) is 24.3 Å². The number of hydrogen-bond acceptors (Lipinski definition) is 6. The summed E-state index contributed by atoms with van der Waals surface area (Å²) >= 11 is 0. The number of aryl methyl sites for hydroxylation is 1. The summed E-state index contributed by atoms with van der Waals surface area (Å²) in [5.74, 6) is -1.10. The van der Waals surface area contributed by atoms with Crippen LogP contribution in [0.4, 0.5) is 0 Å². The third-order valence-electron chi connectivity index (χ3n) is 4.20. The number of ketones is 1. The van der Waals surface area contributed by atoms with Gasteiger partial charge in [-0.05, 0) is 31.0 Å². The van der Waals surface area contributed by atoms with Crippen molar-refractivity contribution in [1.29, 1.82) is 5.26 Å². The van der Waals surface area contributed by atoms with Crippen molar-refractivity contribution in [2.24, 2.45) is 0 Å². The molecule has 0 bridgehead atoms. The van der Waals surface area contributed by atoms with E-state index in [0.29, 0.717) is 47.3 Å². The lowest BCUT2D eigenvalue weighted by Crippen LogP contribution is -2.31. The van der Waals surface area contributed by atoms with Gasteiger partial charge in [0.15, 0.2) is 11.5 Å². The standard InChI is InChI=1S/C18H16N2O5S/c1-11-16-14(21)3-2-4-15(16)25-17(11)18(22)20-26(23,24)10-13-7-5-12(9-19)6-8-13/h5-8H,2-4,10H2,1H3,(H,20,22). The average molecular weight is 372 g/mol. The first-order valence-corrected chi connectivity index (χ1v) is 9.65.